The van der Waals surface area contributed by atoms with Crippen LogP contribution >= 0.6 is 0 Å². The van der Waals surface area contributed by atoms with E-state index in [9.17, 15) is 9.59 Å². The molecule has 1 N–H and O–H groups in total. The third-order valence-corrected chi connectivity index (χ3v) is 4.39. The third kappa shape index (κ3) is 2.36. The third-order valence-electron chi connectivity index (χ3n) is 4.39. The minimum absolute atomic E-state index is 0.00900. The Hall–Kier alpha value is -1.10. The fraction of sp³-hybridized carbons (Fsp3) is 0.846. The highest BCUT2D eigenvalue weighted by molar-refractivity contribution is 5.80. The molecule has 0 spiro atoms. The molecular weight excluding hydrogens is 234 g/mol. The maximum atomic E-state index is 12.3. The van der Waals surface area contributed by atoms with Crippen LogP contribution in [0.25, 0.3) is 0 Å². The Kier molecular flexibility index (Phi) is 3.61. The number of likely N-dealkylation sites (tertiary alicyclic amines) is 1. The van der Waals surface area contributed by atoms with E-state index in [1.54, 1.807) is 11.8 Å². The predicted molar refractivity (Wildman–Crippen MR) is 65.1 cm³/mol. The Labute approximate surface area is 107 Å². The number of carbonyl (C=O) groups is 2. The molecule has 0 saturated carbocycles. The molecule has 0 aromatic heterocycles. The van der Waals surface area contributed by atoms with Gasteiger partial charge in [0.2, 0.25) is 5.91 Å². The van der Waals surface area contributed by atoms with Gasteiger partial charge in [-0.1, -0.05) is 0 Å². The van der Waals surface area contributed by atoms with Crippen molar-refractivity contribution in [2.45, 2.75) is 39.2 Å². The van der Waals surface area contributed by atoms with Crippen LogP contribution in [0.5, 0.6) is 0 Å². The van der Waals surface area contributed by atoms with Gasteiger partial charge in [-0.15, -0.1) is 0 Å². The van der Waals surface area contributed by atoms with Gasteiger partial charge in [0, 0.05) is 19.7 Å². The molecule has 0 aliphatic carbocycles. The van der Waals surface area contributed by atoms with Gasteiger partial charge in [0.05, 0.1) is 17.4 Å². The minimum atomic E-state index is -0.757. The predicted octanol–water partition coefficient (Wildman–Crippen LogP) is 1.12. The quantitative estimate of drug-likeness (QED) is 0.803. The monoisotopic (exact) mass is 255 g/mol. The summed E-state index contributed by atoms with van der Waals surface area (Å²) in [5.74, 6) is -0.668. The molecule has 102 valence electrons. The molecule has 0 bridgehead atoms. The molecule has 2 unspecified atom stereocenters. The van der Waals surface area contributed by atoms with Gasteiger partial charge in [-0.25, -0.2) is 0 Å². The smallest absolute Gasteiger partial charge is 0.309 e. The van der Waals surface area contributed by atoms with E-state index >= 15 is 0 Å². The summed E-state index contributed by atoms with van der Waals surface area (Å²) in [6.07, 6.45) is 1.85. The van der Waals surface area contributed by atoms with Crippen LogP contribution in [-0.4, -0.2) is 47.7 Å². The van der Waals surface area contributed by atoms with E-state index in [-0.39, 0.29) is 17.9 Å². The average molecular weight is 255 g/mol. The zero-order valence-corrected chi connectivity index (χ0v) is 11.0. The summed E-state index contributed by atoms with van der Waals surface area (Å²) >= 11 is 0. The zero-order chi connectivity index (χ0) is 13.3. The number of aliphatic carboxylic acids is 1. The van der Waals surface area contributed by atoms with Crippen molar-refractivity contribution in [3.63, 3.8) is 0 Å². The van der Waals surface area contributed by atoms with Gasteiger partial charge in [0.1, 0.15) is 0 Å². The number of ether oxygens (including phenoxy) is 1. The highest BCUT2D eigenvalue weighted by Gasteiger charge is 2.40. The summed E-state index contributed by atoms with van der Waals surface area (Å²) in [6, 6.07) is 0. The summed E-state index contributed by atoms with van der Waals surface area (Å²) < 4.78 is 5.41. The molecule has 5 heteroatoms. The van der Waals surface area contributed by atoms with Crippen molar-refractivity contribution in [1.82, 2.24) is 4.90 Å². The number of nitrogens with zero attached hydrogens (tertiary/aromatic N) is 1. The molecular formula is C13H21NO4. The van der Waals surface area contributed by atoms with E-state index < -0.39 is 11.4 Å². The number of carboxylic acid groups (broad SMARTS) is 1. The second-order valence-corrected chi connectivity index (χ2v) is 5.66. The van der Waals surface area contributed by atoms with Crippen molar-refractivity contribution in [3.05, 3.63) is 0 Å². The molecule has 0 aromatic rings. The van der Waals surface area contributed by atoms with Crippen LogP contribution in [0.3, 0.4) is 0 Å². The lowest BCUT2D eigenvalue weighted by Gasteiger charge is -2.37. The highest BCUT2D eigenvalue weighted by Crippen LogP contribution is 2.32. The lowest BCUT2D eigenvalue weighted by molar-refractivity contribution is -0.154. The SMILES string of the molecule is CC1OCCC1C(=O)N1CCC(C)(C(=O)O)CC1. The zero-order valence-electron chi connectivity index (χ0n) is 11.0. The Balaban J connectivity index is 1.93. The van der Waals surface area contributed by atoms with E-state index in [0.29, 0.717) is 32.5 Å². The molecule has 2 fully saturated rings. The van der Waals surface area contributed by atoms with E-state index in [1.165, 1.54) is 0 Å². The molecule has 2 aliphatic heterocycles. The molecule has 2 saturated heterocycles. The van der Waals surface area contributed by atoms with E-state index in [1.807, 2.05) is 6.92 Å². The molecule has 18 heavy (non-hydrogen) atoms. The number of hydrogen-bond donors (Lipinski definition) is 1. The number of piperidine rings is 1. The number of carboxylic acids is 1. The Morgan fingerprint density at radius 3 is 2.39 bits per heavy atom. The second-order valence-electron chi connectivity index (χ2n) is 5.66. The fourth-order valence-corrected chi connectivity index (χ4v) is 2.73. The van der Waals surface area contributed by atoms with Gasteiger partial charge < -0.3 is 14.7 Å². The fourth-order valence-electron chi connectivity index (χ4n) is 2.73. The van der Waals surface area contributed by atoms with Crippen LogP contribution in [0.2, 0.25) is 0 Å². The lowest BCUT2D eigenvalue weighted by Crippen LogP contribution is -2.47. The first-order chi connectivity index (χ1) is 8.44. The van der Waals surface area contributed by atoms with Crippen LogP contribution in [0.4, 0.5) is 0 Å². The summed E-state index contributed by atoms with van der Waals surface area (Å²) in [7, 11) is 0. The first-order valence-electron chi connectivity index (χ1n) is 6.58. The van der Waals surface area contributed by atoms with Gasteiger partial charge in [-0.05, 0) is 33.1 Å². The minimum Gasteiger partial charge on any atom is -0.481 e. The van der Waals surface area contributed by atoms with Gasteiger partial charge in [-0.2, -0.15) is 0 Å². The Morgan fingerprint density at radius 1 is 1.33 bits per heavy atom. The van der Waals surface area contributed by atoms with Gasteiger partial charge in [0.25, 0.3) is 0 Å². The van der Waals surface area contributed by atoms with E-state index in [2.05, 4.69) is 0 Å². The first-order valence-corrected chi connectivity index (χ1v) is 6.58. The largest absolute Gasteiger partial charge is 0.481 e. The standard InChI is InChI=1S/C13H21NO4/c1-9-10(3-8-18-9)11(15)14-6-4-13(2,5-7-14)12(16)17/h9-10H,3-8H2,1-2H3,(H,16,17). The van der Waals surface area contributed by atoms with Crippen molar-refractivity contribution in [2.24, 2.45) is 11.3 Å². The van der Waals surface area contributed by atoms with Gasteiger partial charge in [-0.3, -0.25) is 9.59 Å². The molecule has 5 nitrogen and oxygen atoms in total. The molecule has 2 atom stereocenters. The number of hydrogen-bond acceptors (Lipinski definition) is 3. The molecule has 2 aliphatic rings. The van der Waals surface area contributed by atoms with Crippen molar-refractivity contribution in [3.8, 4) is 0 Å². The van der Waals surface area contributed by atoms with Crippen LogP contribution in [0.15, 0.2) is 0 Å². The lowest BCUT2D eigenvalue weighted by atomic mass is 9.80. The molecule has 1 amide bonds. The summed E-state index contributed by atoms with van der Waals surface area (Å²) in [6.45, 7) is 5.44. The number of carbonyl (C=O) groups excluding carboxylic acids is 1. The summed E-state index contributed by atoms with van der Waals surface area (Å²) in [4.78, 5) is 25.2. The van der Waals surface area contributed by atoms with Crippen molar-refractivity contribution < 1.29 is 19.4 Å². The van der Waals surface area contributed by atoms with E-state index in [0.717, 1.165) is 6.42 Å². The summed E-state index contributed by atoms with van der Waals surface area (Å²) in [5.41, 5.74) is -0.672. The Morgan fingerprint density at radius 2 is 1.94 bits per heavy atom. The molecule has 0 aromatic carbocycles. The Bertz CT molecular complexity index is 347. The first kappa shape index (κ1) is 13.3. The van der Waals surface area contributed by atoms with Crippen molar-refractivity contribution >= 4 is 11.9 Å². The summed E-state index contributed by atoms with van der Waals surface area (Å²) in [5, 5.41) is 9.15. The topological polar surface area (TPSA) is 66.8 Å². The van der Waals surface area contributed by atoms with Crippen molar-refractivity contribution in [1.29, 1.82) is 0 Å². The van der Waals surface area contributed by atoms with Crippen LogP contribution in [0.1, 0.15) is 33.1 Å². The van der Waals surface area contributed by atoms with Gasteiger partial charge in [0.15, 0.2) is 0 Å². The normalized spacial score (nSPS) is 31.3. The maximum absolute atomic E-state index is 12.3. The highest BCUT2D eigenvalue weighted by atomic mass is 16.5. The average Bonchev–Trinajstić information content (AvgIpc) is 2.75. The maximum Gasteiger partial charge on any atom is 0.309 e. The second kappa shape index (κ2) is 4.88. The van der Waals surface area contributed by atoms with E-state index in [4.69, 9.17) is 9.84 Å². The molecule has 0 radical (unpaired) electrons. The van der Waals surface area contributed by atoms with Crippen LogP contribution in [-0.2, 0) is 14.3 Å². The molecule has 2 heterocycles. The van der Waals surface area contributed by atoms with Crippen molar-refractivity contribution in [2.75, 3.05) is 19.7 Å². The van der Waals surface area contributed by atoms with Crippen LogP contribution < -0.4 is 0 Å². The van der Waals surface area contributed by atoms with Gasteiger partial charge >= 0.3 is 5.97 Å². The molecule has 2 rings (SSSR count). The number of amides is 1. The number of rotatable bonds is 2. The van der Waals surface area contributed by atoms with Crippen LogP contribution in [0, 0.1) is 11.3 Å².